The number of rotatable bonds is 5. The molecule has 0 N–H and O–H groups in total. The Morgan fingerprint density at radius 3 is 1.38 bits per heavy atom. The van der Waals surface area contributed by atoms with Crippen molar-refractivity contribution in [1.82, 2.24) is 15.0 Å². The fourth-order valence-electron chi connectivity index (χ4n) is 4.40. The molecule has 0 fully saturated rings. The third-order valence-electron chi connectivity index (χ3n) is 6.47. The lowest BCUT2D eigenvalue weighted by Crippen LogP contribution is -2.00. The Kier molecular flexibility index (Phi) is 6.66. The molecule has 0 aliphatic rings. The Hall–Kier alpha value is -5.11. The number of hydrogen-bond donors (Lipinski definition) is 0. The van der Waals surface area contributed by atoms with Crippen LogP contribution in [0.5, 0.6) is 0 Å². The monoisotopic (exact) mass is 520 g/mol. The SMILES string of the molecule is N#Cc1ccc(-c2ccc(-c3ccc(-c4nc(-c5ccccc5)nc(-c5ccccc5)n4)cc3)c(Cl)c2)cc1. The highest BCUT2D eigenvalue weighted by atomic mass is 35.5. The predicted molar refractivity (Wildman–Crippen MR) is 157 cm³/mol. The lowest BCUT2D eigenvalue weighted by atomic mass is 9.99. The van der Waals surface area contributed by atoms with Gasteiger partial charge in [0.05, 0.1) is 11.6 Å². The molecule has 6 rings (SSSR count). The van der Waals surface area contributed by atoms with Crippen molar-refractivity contribution in [3.05, 3.63) is 138 Å². The number of benzene rings is 5. The maximum Gasteiger partial charge on any atom is 0.164 e. The largest absolute Gasteiger partial charge is 0.208 e. The van der Waals surface area contributed by atoms with Crippen LogP contribution in [0.15, 0.2) is 127 Å². The van der Waals surface area contributed by atoms with E-state index < -0.39 is 0 Å². The molecule has 0 radical (unpaired) electrons. The Bertz CT molecular complexity index is 1730. The van der Waals surface area contributed by atoms with Gasteiger partial charge in [0.15, 0.2) is 17.5 Å². The minimum Gasteiger partial charge on any atom is -0.208 e. The van der Waals surface area contributed by atoms with Gasteiger partial charge in [-0.05, 0) is 34.9 Å². The highest BCUT2D eigenvalue weighted by Crippen LogP contribution is 2.34. The molecule has 0 aliphatic heterocycles. The lowest BCUT2D eigenvalue weighted by Gasteiger charge is -2.10. The zero-order valence-corrected chi connectivity index (χ0v) is 21.5. The molecule has 6 aromatic rings. The second-order valence-corrected chi connectivity index (χ2v) is 9.41. The minimum atomic E-state index is 0.608. The Morgan fingerprint density at radius 1 is 0.462 bits per heavy atom. The van der Waals surface area contributed by atoms with Crippen LogP contribution in [-0.4, -0.2) is 15.0 Å². The lowest BCUT2D eigenvalue weighted by molar-refractivity contribution is 1.07. The van der Waals surface area contributed by atoms with Crippen molar-refractivity contribution in [3.63, 3.8) is 0 Å². The van der Waals surface area contributed by atoms with Crippen LogP contribution in [0.4, 0.5) is 0 Å². The minimum absolute atomic E-state index is 0.608. The van der Waals surface area contributed by atoms with Gasteiger partial charge >= 0.3 is 0 Å². The fraction of sp³-hybridized carbons (Fsp3) is 0. The molecule has 0 atom stereocenters. The molecule has 5 heteroatoms. The molecule has 0 unspecified atom stereocenters. The predicted octanol–water partition coefficient (Wildman–Crippen LogP) is 8.73. The topological polar surface area (TPSA) is 62.5 Å². The number of nitrogens with zero attached hydrogens (tertiary/aromatic N) is 4. The summed E-state index contributed by atoms with van der Waals surface area (Å²) in [5.74, 6) is 1.87. The summed E-state index contributed by atoms with van der Waals surface area (Å²) in [6.07, 6.45) is 0. The van der Waals surface area contributed by atoms with Gasteiger partial charge in [-0.25, -0.2) is 15.0 Å². The number of nitriles is 1. The van der Waals surface area contributed by atoms with Crippen LogP contribution < -0.4 is 0 Å². The molecule has 0 aliphatic carbocycles. The van der Waals surface area contributed by atoms with Gasteiger partial charge in [-0.2, -0.15) is 5.26 Å². The first-order chi connectivity index (χ1) is 19.2. The Balaban J connectivity index is 1.34. The molecular formula is C34H21ClN4. The molecule has 1 heterocycles. The second-order valence-electron chi connectivity index (χ2n) is 9.00. The summed E-state index contributed by atoms with van der Waals surface area (Å²) >= 11 is 6.72. The van der Waals surface area contributed by atoms with Gasteiger partial charge in [0.25, 0.3) is 0 Å². The summed E-state index contributed by atoms with van der Waals surface area (Å²) in [6.45, 7) is 0. The van der Waals surface area contributed by atoms with Crippen molar-refractivity contribution >= 4 is 11.6 Å². The molecule has 4 nitrogen and oxygen atoms in total. The van der Waals surface area contributed by atoms with Crippen LogP contribution in [0, 0.1) is 11.3 Å². The molecule has 0 amide bonds. The maximum absolute atomic E-state index is 9.05. The Labute approximate surface area is 231 Å². The first-order valence-corrected chi connectivity index (χ1v) is 12.8. The average Bonchev–Trinajstić information content (AvgIpc) is 3.02. The van der Waals surface area contributed by atoms with Gasteiger partial charge in [0.1, 0.15) is 0 Å². The summed E-state index contributed by atoms with van der Waals surface area (Å²) in [7, 11) is 0. The standard InChI is InChI=1S/C34H21ClN4/c35-31-21-29(24-13-11-23(22-36)12-14-24)19-20-30(31)25-15-17-28(18-16-25)34-38-32(26-7-3-1-4-8-26)37-33(39-34)27-9-5-2-6-10-27/h1-21H. The molecule has 39 heavy (non-hydrogen) atoms. The van der Waals surface area contributed by atoms with Crippen LogP contribution >= 0.6 is 11.6 Å². The van der Waals surface area contributed by atoms with Crippen molar-refractivity contribution in [2.45, 2.75) is 0 Å². The van der Waals surface area contributed by atoms with Gasteiger partial charge in [0, 0.05) is 27.3 Å². The summed E-state index contributed by atoms with van der Waals surface area (Å²) in [5.41, 5.74) is 7.33. The van der Waals surface area contributed by atoms with Crippen LogP contribution in [-0.2, 0) is 0 Å². The third kappa shape index (κ3) is 5.17. The number of aromatic nitrogens is 3. The molecule has 0 bridgehead atoms. The van der Waals surface area contributed by atoms with Crippen LogP contribution in [0.2, 0.25) is 5.02 Å². The van der Waals surface area contributed by atoms with E-state index in [2.05, 4.69) is 6.07 Å². The third-order valence-corrected chi connectivity index (χ3v) is 6.78. The maximum atomic E-state index is 9.05. The summed E-state index contributed by atoms with van der Waals surface area (Å²) in [5, 5.41) is 9.70. The van der Waals surface area contributed by atoms with Crippen molar-refractivity contribution in [1.29, 1.82) is 5.26 Å². The summed E-state index contributed by atoms with van der Waals surface area (Å²) in [6, 6.07) is 43.6. The van der Waals surface area contributed by atoms with E-state index in [1.165, 1.54) is 0 Å². The van der Waals surface area contributed by atoms with Gasteiger partial charge in [-0.15, -0.1) is 0 Å². The second kappa shape index (κ2) is 10.7. The highest BCUT2D eigenvalue weighted by Gasteiger charge is 2.13. The zero-order chi connectivity index (χ0) is 26.6. The van der Waals surface area contributed by atoms with E-state index in [1.54, 1.807) is 0 Å². The van der Waals surface area contributed by atoms with E-state index in [0.717, 1.165) is 38.9 Å². The van der Waals surface area contributed by atoms with Gasteiger partial charge in [-0.1, -0.05) is 121 Å². The molecule has 0 saturated carbocycles. The zero-order valence-electron chi connectivity index (χ0n) is 20.8. The van der Waals surface area contributed by atoms with Gasteiger partial charge in [-0.3, -0.25) is 0 Å². The first kappa shape index (κ1) is 24.2. The summed E-state index contributed by atoms with van der Waals surface area (Å²) < 4.78 is 0. The molecular weight excluding hydrogens is 500 g/mol. The molecule has 0 saturated heterocycles. The quantitative estimate of drug-likeness (QED) is 0.228. The van der Waals surface area contributed by atoms with E-state index in [1.807, 2.05) is 127 Å². The molecule has 1 aromatic heterocycles. The van der Waals surface area contributed by atoms with Crippen molar-refractivity contribution < 1.29 is 0 Å². The fourth-order valence-corrected chi connectivity index (χ4v) is 4.69. The Morgan fingerprint density at radius 2 is 0.897 bits per heavy atom. The van der Waals surface area contributed by atoms with Crippen LogP contribution in [0.25, 0.3) is 56.4 Å². The van der Waals surface area contributed by atoms with Crippen molar-refractivity contribution in [3.8, 4) is 62.5 Å². The number of halogens is 1. The van der Waals surface area contributed by atoms with E-state index in [-0.39, 0.29) is 0 Å². The molecule has 184 valence electrons. The van der Waals surface area contributed by atoms with Crippen LogP contribution in [0.1, 0.15) is 5.56 Å². The number of hydrogen-bond acceptors (Lipinski definition) is 4. The normalized spacial score (nSPS) is 10.7. The van der Waals surface area contributed by atoms with E-state index in [0.29, 0.717) is 28.1 Å². The van der Waals surface area contributed by atoms with Gasteiger partial charge < -0.3 is 0 Å². The van der Waals surface area contributed by atoms with Gasteiger partial charge in [0.2, 0.25) is 0 Å². The molecule has 0 spiro atoms. The first-order valence-electron chi connectivity index (χ1n) is 12.5. The van der Waals surface area contributed by atoms with Crippen molar-refractivity contribution in [2.75, 3.05) is 0 Å². The highest BCUT2D eigenvalue weighted by molar-refractivity contribution is 6.33. The summed E-state index contributed by atoms with van der Waals surface area (Å²) in [4.78, 5) is 14.4. The van der Waals surface area contributed by atoms with E-state index in [4.69, 9.17) is 31.8 Å². The van der Waals surface area contributed by atoms with E-state index >= 15 is 0 Å². The van der Waals surface area contributed by atoms with Crippen LogP contribution in [0.3, 0.4) is 0 Å². The smallest absolute Gasteiger partial charge is 0.164 e. The van der Waals surface area contributed by atoms with Crippen molar-refractivity contribution in [2.24, 2.45) is 0 Å². The molecule has 5 aromatic carbocycles. The average molecular weight is 521 g/mol. The van der Waals surface area contributed by atoms with E-state index in [9.17, 15) is 0 Å².